The number of aliphatic hydroxyl groups is 1. The van der Waals surface area contributed by atoms with Crippen LogP contribution in [0.5, 0.6) is 0 Å². The van der Waals surface area contributed by atoms with E-state index >= 15 is 0 Å². The van der Waals surface area contributed by atoms with Gasteiger partial charge in [-0.1, -0.05) is 30.3 Å². The number of likely N-dealkylation sites (tertiary alicyclic amines) is 1. The number of benzene rings is 2. The van der Waals surface area contributed by atoms with Crippen LogP contribution in [0.2, 0.25) is 0 Å². The van der Waals surface area contributed by atoms with Crippen molar-refractivity contribution in [2.75, 3.05) is 19.6 Å². The van der Waals surface area contributed by atoms with Crippen LogP contribution < -0.4 is 0 Å². The summed E-state index contributed by atoms with van der Waals surface area (Å²) in [6, 6.07) is 14.2. The summed E-state index contributed by atoms with van der Waals surface area (Å²) in [5, 5.41) is 17.6. The number of nitrogens with one attached hydrogen (secondary N) is 1. The molecular weight excluding hydrogens is 442 g/mol. The molecule has 7 rings (SSSR count). The van der Waals surface area contributed by atoms with Gasteiger partial charge in [0.2, 0.25) is 5.91 Å². The fourth-order valence-electron chi connectivity index (χ4n) is 5.38. The Hall–Kier alpha value is -3.52. The first kappa shape index (κ1) is 20.8. The third-order valence-corrected chi connectivity index (χ3v) is 7.85. The third kappa shape index (κ3) is 3.38. The SMILES string of the molecule is O=C(C1CC1)N1CC(CN2C(=O)C3(CC3)N=C2c2ccc(-c3ccc4[nH]nc(CO)c4c3)cc2)C1. The van der Waals surface area contributed by atoms with Crippen molar-refractivity contribution in [1.82, 2.24) is 20.0 Å². The molecule has 2 saturated carbocycles. The Balaban J connectivity index is 1.11. The number of rotatable bonds is 6. The summed E-state index contributed by atoms with van der Waals surface area (Å²) in [6.07, 6.45) is 3.69. The maximum absolute atomic E-state index is 13.2. The largest absolute Gasteiger partial charge is 0.390 e. The molecule has 8 heteroatoms. The number of hydrogen-bond acceptors (Lipinski definition) is 5. The number of H-pyrrole nitrogens is 1. The molecule has 0 unspecified atom stereocenters. The molecule has 1 aromatic heterocycles. The zero-order valence-electron chi connectivity index (χ0n) is 19.4. The van der Waals surface area contributed by atoms with E-state index in [0.717, 1.165) is 72.2 Å². The van der Waals surface area contributed by atoms with Crippen molar-refractivity contribution >= 4 is 28.6 Å². The van der Waals surface area contributed by atoms with Crippen LogP contribution in [0.15, 0.2) is 47.5 Å². The Bertz CT molecular complexity index is 1380. The van der Waals surface area contributed by atoms with Crippen LogP contribution in [0.4, 0.5) is 0 Å². The quantitative estimate of drug-likeness (QED) is 0.580. The summed E-state index contributed by atoms with van der Waals surface area (Å²) in [7, 11) is 0. The maximum atomic E-state index is 13.2. The van der Waals surface area contributed by atoms with E-state index < -0.39 is 5.54 Å². The summed E-state index contributed by atoms with van der Waals surface area (Å²) in [4.78, 5) is 34.2. The number of aromatic nitrogens is 2. The van der Waals surface area contributed by atoms with Gasteiger partial charge in [0.1, 0.15) is 11.4 Å². The second-order valence-corrected chi connectivity index (χ2v) is 10.4. The van der Waals surface area contributed by atoms with Gasteiger partial charge in [-0.15, -0.1) is 0 Å². The van der Waals surface area contributed by atoms with Gasteiger partial charge in [-0.3, -0.25) is 24.6 Å². The summed E-state index contributed by atoms with van der Waals surface area (Å²) in [5.41, 5.74) is 4.01. The molecule has 0 atom stereocenters. The van der Waals surface area contributed by atoms with Crippen LogP contribution in [-0.2, 0) is 16.2 Å². The molecule has 8 nitrogen and oxygen atoms in total. The van der Waals surface area contributed by atoms with E-state index in [2.05, 4.69) is 22.3 Å². The van der Waals surface area contributed by atoms with Crippen molar-refractivity contribution in [1.29, 1.82) is 0 Å². The molecule has 1 spiro atoms. The van der Waals surface area contributed by atoms with Crippen LogP contribution in [0.25, 0.3) is 22.0 Å². The lowest BCUT2D eigenvalue weighted by Crippen LogP contribution is -2.55. The van der Waals surface area contributed by atoms with Crippen LogP contribution in [0.3, 0.4) is 0 Å². The molecule has 2 N–H and O–H groups in total. The molecule has 3 fully saturated rings. The van der Waals surface area contributed by atoms with Crippen LogP contribution >= 0.6 is 0 Å². The van der Waals surface area contributed by atoms with E-state index in [1.54, 1.807) is 0 Å². The number of aliphatic imine (C=N–C) groups is 1. The molecule has 2 amide bonds. The second-order valence-electron chi connectivity index (χ2n) is 10.4. The summed E-state index contributed by atoms with van der Waals surface area (Å²) in [6.45, 7) is 1.99. The third-order valence-electron chi connectivity index (χ3n) is 7.85. The van der Waals surface area contributed by atoms with Gasteiger partial charge in [-0.2, -0.15) is 5.10 Å². The summed E-state index contributed by atoms with van der Waals surface area (Å²) in [5.74, 6) is 1.72. The Labute approximate surface area is 202 Å². The lowest BCUT2D eigenvalue weighted by atomic mass is 9.97. The topological polar surface area (TPSA) is 102 Å². The highest BCUT2D eigenvalue weighted by atomic mass is 16.3. The Morgan fingerprint density at radius 2 is 1.77 bits per heavy atom. The molecule has 0 radical (unpaired) electrons. The molecule has 35 heavy (non-hydrogen) atoms. The molecular formula is C27H27N5O3. The number of carbonyl (C=O) groups excluding carboxylic acids is 2. The normalized spacial score (nSPS) is 21.1. The lowest BCUT2D eigenvalue weighted by Gasteiger charge is -2.41. The second kappa shape index (κ2) is 7.49. The van der Waals surface area contributed by atoms with Gasteiger partial charge in [0.05, 0.1) is 17.8 Å². The minimum absolute atomic E-state index is 0.110. The van der Waals surface area contributed by atoms with Crippen molar-refractivity contribution in [3.63, 3.8) is 0 Å². The summed E-state index contributed by atoms with van der Waals surface area (Å²) >= 11 is 0. The van der Waals surface area contributed by atoms with E-state index in [0.29, 0.717) is 18.2 Å². The van der Waals surface area contributed by atoms with Gasteiger partial charge in [0.15, 0.2) is 0 Å². The highest BCUT2D eigenvalue weighted by Crippen LogP contribution is 2.46. The summed E-state index contributed by atoms with van der Waals surface area (Å²) < 4.78 is 0. The Kier molecular flexibility index (Phi) is 4.45. The molecule has 3 aromatic rings. The maximum Gasteiger partial charge on any atom is 0.256 e. The first-order valence-electron chi connectivity index (χ1n) is 12.4. The number of aromatic amines is 1. The molecule has 3 heterocycles. The molecule has 178 valence electrons. The zero-order valence-corrected chi connectivity index (χ0v) is 19.4. The average Bonchev–Trinajstić information content (AvgIpc) is 3.78. The minimum atomic E-state index is -0.547. The Morgan fingerprint density at radius 3 is 2.46 bits per heavy atom. The molecule has 0 bridgehead atoms. The van der Waals surface area contributed by atoms with Crippen LogP contribution in [0, 0.1) is 11.8 Å². The van der Waals surface area contributed by atoms with Gasteiger partial charge in [0.25, 0.3) is 5.91 Å². The first-order chi connectivity index (χ1) is 17.0. The van der Waals surface area contributed by atoms with Gasteiger partial charge in [-0.05, 0) is 48.9 Å². The number of amidine groups is 1. The minimum Gasteiger partial charge on any atom is -0.390 e. The monoisotopic (exact) mass is 469 g/mol. The fourth-order valence-corrected chi connectivity index (χ4v) is 5.38. The van der Waals surface area contributed by atoms with Gasteiger partial charge in [-0.25, -0.2) is 0 Å². The average molecular weight is 470 g/mol. The van der Waals surface area contributed by atoms with Crippen LogP contribution in [-0.4, -0.2) is 67.9 Å². The van der Waals surface area contributed by atoms with Gasteiger partial charge in [0, 0.05) is 42.4 Å². The molecule has 4 aliphatic rings. The highest BCUT2D eigenvalue weighted by molar-refractivity contribution is 6.16. The highest BCUT2D eigenvalue weighted by Gasteiger charge is 2.57. The predicted molar refractivity (Wildman–Crippen MR) is 130 cm³/mol. The van der Waals surface area contributed by atoms with E-state index in [1.807, 2.05) is 40.1 Å². The van der Waals surface area contributed by atoms with Gasteiger partial charge >= 0.3 is 0 Å². The van der Waals surface area contributed by atoms with E-state index in [-0.39, 0.29) is 24.3 Å². The number of hydrogen-bond donors (Lipinski definition) is 2. The van der Waals surface area contributed by atoms with Gasteiger partial charge < -0.3 is 10.0 Å². The van der Waals surface area contributed by atoms with Crippen molar-refractivity contribution in [3.8, 4) is 11.1 Å². The number of nitrogens with zero attached hydrogens (tertiary/aromatic N) is 4. The van der Waals surface area contributed by atoms with Crippen molar-refractivity contribution in [2.24, 2.45) is 16.8 Å². The van der Waals surface area contributed by atoms with E-state index in [4.69, 9.17) is 4.99 Å². The fraction of sp³-hybridized carbons (Fsp3) is 0.407. The Morgan fingerprint density at radius 1 is 1.06 bits per heavy atom. The van der Waals surface area contributed by atoms with Crippen molar-refractivity contribution < 1.29 is 14.7 Å². The first-order valence-corrected chi connectivity index (χ1v) is 12.4. The number of fused-ring (bicyclic) bond motifs is 1. The van der Waals surface area contributed by atoms with Crippen molar-refractivity contribution in [2.45, 2.75) is 37.8 Å². The standard InChI is InChI=1S/C27H27N5O3/c33-15-23-21-11-20(7-8-22(21)29-30-23)17-1-3-18(4-2-17)24-28-27(9-10-27)26(35)32(24)14-16-12-31(13-16)25(34)19-5-6-19/h1-4,7-8,11,16,19,33H,5-6,9-10,12-15H2,(H,29,30). The van der Waals surface area contributed by atoms with Crippen molar-refractivity contribution in [3.05, 3.63) is 53.7 Å². The molecule has 2 aliphatic carbocycles. The van der Waals surface area contributed by atoms with E-state index in [9.17, 15) is 14.7 Å². The molecule has 2 aromatic carbocycles. The van der Waals surface area contributed by atoms with Crippen LogP contribution in [0.1, 0.15) is 36.9 Å². The molecule has 2 aliphatic heterocycles. The lowest BCUT2D eigenvalue weighted by molar-refractivity contribution is -0.139. The zero-order chi connectivity index (χ0) is 23.7. The van der Waals surface area contributed by atoms with E-state index in [1.165, 1.54) is 0 Å². The number of carbonyl (C=O) groups is 2. The molecule has 1 saturated heterocycles. The smallest absolute Gasteiger partial charge is 0.256 e. The number of amides is 2. The predicted octanol–water partition coefficient (Wildman–Crippen LogP) is 2.71. The number of aliphatic hydroxyl groups excluding tert-OH is 1.